The van der Waals surface area contributed by atoms with Gasteiger partial charge in [-0.25, -0.2) is 0 Å². The van der Waals surface area contributed by atoms with Crippen molar-refractivity contribution >= 4 is 17.4 Å². The van der Waals surface area contributed by atoms with E-state index in [-0.39, 0.29) is 23.7 Å². The highest BCUT2D eigenvalue weighted by Crippen LogP contribution is 2.62. The number of fused-ring (bicyclic) bond motifs is 2. The van der Waals surface area contributed by atoms with Gasteiger partial charge in [-0.05, 0) is 36.8 Å². The zero-order valence-corrected chi connectivity index (χ0v) is 21.0. The summed E-state index contributed by atoms with van der Waals surface area (Å²) in [7, 11) is 3.11. The van der Waals surface area contributed by atoms with Crippen LogP contribution in [-0.2, 0) is 24.6 Å². The second-order valence-electron chi connectivity index (χ2n) is 9.98. The van der Waals surface area contributed by atoms with Crippen molar-refractivity contribution < 1.29 is 33.6 Å². The summed E-state index contributed by atoms with van der Waals surface area (Å²) in [6.45, 7) is 3.82. The second-order valence-corrected chi connectivity index (χ2v) is 9.98. The van der Waals surface area contributed by atoms with Crippen LogP contribution in [0.4, 0.5) is 5.69 Å². The summed E-state index contributed by atoms with van der Waals surface area (Å²) in [5, 5.41) is 13.3. The van der Waals surface area contributed by atoms with Gasteiger partial charge in [0.05, 0.1) is 56.6 Å². The normalized spacial score (nSPS) is 33.4. The average Bonchev–Trinajstić information content (AvgIpc) is 3.22. The number of aliphatic hydroxyl groups is 1. The summed E-state index contributed by atoms with van der Waals surface area (Å²) in [5.41, 5.74) is 6.05. The van der Waals surface area contributed by atoms with Gasteiger partial charge in [-0.3, -0.25) is 14.5 Å². The molecule has 5 rings (SSSR count). The number of piperidine rings is 2. The van der Waals surface area contributed by atoms with Gasteiger partial charge in [0.1, 0.15) is 18.0 Å². The van der Waals surface area contributed by atoms with Crippen molar-refractivity contribution in [2.75, 3.05) is 52.4 Å². The summed E-state index contributed by atoms with van der Waals surface area (Å²) in [5.74, 6) is -0.222. The molecular weight excluding hydrogens is 466 g/mol. The van der Waals surface area contributed by atoms with Gasteiger partial charge in [-0.2, -0.15) is 0 Å². The van der Waals surface area contributed by atoms with Crippen molar-refractivity contribution in [3.63, 3.8) is 0 Å². The molecule has 4 N–H and O–H groups in total. The van der Waals surface area contributed by atoms with E-state index in [1.165, 1.54) is 13.4 Å². The second kappa shape index (κ2) is 9.33. The Morgan fingerprint density at radius 2 is 2.08 bits per heavy atom. The molecule has 10 nitrogen and oxygen atoms in total. The monoisotopic (exact) mass is 501 g/mol. The molecule has 4 aliphatic heterocycles. The highest BCUT2D eigenvalue weighted by Gasteiger charge is 2.71. The van der Waals surface area contributed by atoms with Crippen molar-refractivity contribution in [3.8, 4) is 5.75 Å². The maximum absolute atomic E-state index is 12.8. The maximum Gasteiger partial charge on any atom is 0.250 e. The fraction of sp³-hybridized carbons (Fsp3) is 0.615. The van der Waals surface area contributed by atoms with E-state index in [4.69, 9.17) is 24.7 Å². The molecule has 196 valence electrons. The van der Waals surface area contributed by atoms with E-state index in [0.29, 0.717) is 48.6 Å². The third-order valence-corrected chi connectivity index (χ3v) is 8.54. The van der Waals surface area contributed by atoms with Gasteiger partial charge in [0.2, 0.25) is 0 Å². The van der Waals surface area contributed by atoms with Crippen LogP contribution in [0.5, 0.6) is 5.75 Å². The van der Waals surface area contributed by atoms with E-state index in [2.05, 4.69) is 17.1 Å². The summed E-state index contributed by atoms with van der Waals surface area (Å²) in [4.78, 5) is 27.6. The Bertz CT molecular complexity index is 1090. The zero-order chi connectivity index (χ0) is 25.7. The fourth-order valence-corrected chi connectivity index (χ4v) is 7.03. The Kier molecular flexibility index (Phi) is 6.48. The molecule has 0 aliphatic carbocycles. The predicted octanol–water partition coefficient (Wildman–Crippen LogP) is 1.37. The molecule has 0 radical (unpaired) electrons. The molecule has 1 aromatic carbocycles. The number of ether oxygens (including phenoxy) is 4. The minimum Gasteiger partial charge on any atom is -0.504 e. The Balaban J connectivity index is 1.65. The number of nitrogens with one attached hydrogen (secondary N) is 1. The number of anilines is 1. The summed E-state index contributed by atoms with van der Waals surface area (Å²) < 4.78 is 24.3. The minimum absolute atomic E-state index is 0.144. The topological polar surface area (TPSA) is 133 Å². The Hall–Kier alpha value is -2.66. The molecule has 3 saturated heterocycles. The van der Waals surface area contributed by atoms with Crippen LogP contribution < -0.4 is 15.8 Å². The number of amides is 1. The molecule has 10 heteroatoms. The van der Waals surface area contributed by atoms with E-state index >= 15 is 0 Å². The molecule has 4 aliphatic rings. The van der Waals surface area contributed by atoms with Crippen LogP contribution in [0.1, 0.15) is 42.1 Å². The molecule has 0 spiro atoms. The van der Waals surface area contributed by atoms with Gasteiger partial charge in [0, 0.05) is 18.7 Å². The zero-order valence-electron chi connectivity index (χ0n) is 21.0. The van der Waals surface area contributed by atoms with Gasteiger partial charge in [0.15, 0.2) is 11.5 Å². The first-order valence-corrected chi connectivity index (χ1v) is 12.6. The number of nitrogens with two attached hydrogens (primary N) is 1. The lowest BCUT2D eigenvalue weighted by molar-refractivity contribution is -0.297. The molecular formula is C26H35N3O7. The van der Waals surface area contributed by atoms with E-state index in [1.54, 1.807) is 19.2 Å². The van der Waals surface area contributed by atoms with E-state index in [9.17, 15) is 14.7 Å². The lowest BCUT2D eigenvalue weighted by Gasteiger charge is -2.61. The highest BCUT2D eigenvalue weighted by molar-refractivity contribution is 6.01. The van der Waals surface area contributed by atoms with Crippen LogP contribution in [0.2, 0.25) is 0 Å². The molecule has 36 heavy (non-hydrogen) atoms. The SMILES string of the molecule is CC[C@@H]1CN2CC[C@@]34OCCO[C@@]3(Nc3c(C(N)=O)ccc(OC)c34)[C@@H]2C[C@@H]1/C(=C\OC)C(=O)CO. The quantitative estimate of drug-likeness (QED) is 0.374. The van der Waals surface area contributed by atoms with Crippen LogP contribution in [0.25, 0.3) is 0 Å². The number of hydrogen-bond donors (Lipinski definition) is 3. The maximum atomic E-state index is 12.8. The van der Waals surface area contributed by atoms with Gasteiger partial charge < -0.3 is 35.1 Å². The van der Waals surface area contributed by atoms with Crippen LogP contribution >= 0.6 is 0 Å². The summed E-state index contributed by atoms with van der Waals surface area (Å²) in [6.07, 6.45) is 3.56. The van der Waals surface area contributed by atoms with Crippen molar-refractivity contribution in [3.05, 3.63) is 35.1 Å². The number of hydrogen-bond acceptors (Lipinski definition) is 9. The standard InChI is InChI=1S/C26H35N3O7/c1-4-15-12-29-8-7-25-22-20(34-3)6-5-16(24(27)32)23(22)28-26(25,36-10-9-35-25)21(29)11-17(15)18(14-33-2)19(31)13-30/h5-6,14-15,17,21,28,30H,4,7-13H2,1-3H3,(H2,27,32)/b18-14+/t15-,17+,21+,25+,26+/m1/s1. The smallest absolute Gasteiger partial charge is 0.250 e. The van der Waals surface area contributed by atoms with Gasteiger partial charge in [0.25, 0.3) is 5.91 Å². The number of carbonyl (C=O) groups excluding carboxylic acids is 2. The van der Waals surface area contributed by atoms with E-state index < -0.39 is 23.8 Å². The predicted molar refractivity (Wildman–Crippen MR) is 130 cm³/mol. The number of aliphatic hydroxyl groups excluding tert-OH is 1. The molecule has 0 saturated carbocycles. The van der Waals surface area contributed by atoms with Gasteiger partial charge in [-0.15, -0.1) is 0 Å². The van der Waals surface area contributed by atoms with Crippen LogP contribution in [0.3, 0.4) is 0 Å². The molecule has 4 heterocycles. The Morgan fingerprint density at radius 3 is 2.75 bits per heavy atom. The number of benzene rings is 1. The molecule has 0 aromatic heterocycles. The van der Waals surface area contributed by atoms with Gasteiger partial charge in [-0.1, -0.05) is 13.3 Å². The first kappa shape index (κ1) is 25.0. The molecule has 3 fully saturated rings. The van der Waals surface area contributed by atoms with E-state index in [0.717, 1.165) is 25.1 Å². The Morgan fingerprint density at radius 1 is 1.31 bits per heavy atom. The molecule has 0 bridgehead atoms. The lowest BCUT2D eigenvalue weighted by atomic mass is 9.66. The first-order chi connectivity index (χ1) is 17.4. The third kappa shape index (κ3) is 3.38. The molecule has 5 atom stereocenters. The molecule has 1 amide bonds. The summed E-state index contributed by atoms with van der Waals surface area (Å²) >= 11 is 0. The van der Waals surface area contributed by atoms with Crippen molar-refractivity contribution in [1.29, 1.82) is 0 Å². The largest absolute Gasteiger partial charge is 0.504 e. The number of carbonyl (C=O) groups is 2. The average molecular weight is 502 g/mol. The number of rotatable bonds is 7. The van der Waals surface area contributed by atoms with Crippen molar-refractivity contribution in [2.45, 2.75) is 43.6 Å². The van der Waals surface area contributed by atoms with E-state index in [1.807, 2.05) is 0 Å². The number of Topliss-reactive ketones (excluding diaryl/α,β-unsaturated/α-hetero) is 1. The van der Waals surface area contributed by atoms with Crippen LogP contribution in [-0.4, -0.2) is 80.6 Å². The van der Waals surface area contributed by atoms with Crippen molar-refractivity contribution in [2.24, 2.45) is 17.6 Å². The first-order valence-electron chi connectivity index (χ1n) is 12.6. The number of methoxy groups -OCH3 is 2. The number of ketones is 1. The van der Waals surface area contributed by atoms with Crippen LogP contribution in [0.15, 0.2) is 24.0 Å². The number of nitrogens with zero attached hydrogens (tertiary/aromatic N) is 1. The van der Waals surface area contributed by atoms with Crippen molar-refractivity contribution in [1.82, 2.24) is 4.90 Å². The third-order valence-electron chi connectivity index (χ3n) is 8.54. The van der Waals surface area contributed by atoms with Gasteiger partial charge >= 0.3 is 0 Å². The minimum atomic E-state index is -1.01. The molecule has 0 unspecified atom stereocenters. The molecule has 1 aromatic rings. The lowest BCUT2D eigenvalue weighted by Crippen LogP contribution is -2.75. The highest BCUT2D eigenvalue weighted by atomic mass is 16.6. The Labute approximate surface area is 210 Å². The number of primary amides is 1. The summed E-state index contributed by atoms with van der Waals surface area (Å²) in [6, 6.07) is 3.23. The van der Waals surface area contributed by atoms with Crippen LogP contribution in [0, 0.1) is 11.8 Å². The fourth-order valence-electron chi connectivity index (χ4n) is 7.03.